The second-order valence-corrected chi connectivity index (χ2v) is 9.97. The fraction of sp³-hybridized carbons (Fsp3) is 0.684. The molecule has 0 unspecified atom stereocenters. The van der Waals surface area contributed by atoms with Gasteiger partial charge in [-0.2, -0.15) is 0 Å². The summed E-state index contributed by atoms with van der Waals surface area (Å²) in [6.45, 7) is 18.1. The van der Waals surface area contributed by atoms with Gasteiger partial charge in [-0.05, 0) is 55.2 Å². The van der Waals surface area contributed by atoms with Gasteiger partial charge in [0.15, 0.2) is 0 Å². The van der Waals surface area contributed by atoms with E-state index in [0.29, 0.717) is 10.8 Å². The number of benzene rings is 1. The normalized spacial score (nSPS) is 13.4. The van der Waals surface area contributed by atoms with E-state index in [1.807, 2.05) is 20.8 Å². The molecule has 0 aliphatic carbocycles. The van der Waals surface area contributed by atoms with Crippen LogP contribution in [-0.2, 0) is 10.0 Å². The Morgan fingerprint density at radius 2 is 1.22 bits per heavy atom. The Hall–Kier alpha value is -0.870. The molecule has 0 saturated carbocycles. The number of nitrogens with one attached hydrogen (secondary N) is 1. The van der Waals surface area contributed by atoms with Gasteiger partial charge in [-0.15, -0.1) is 0 Å². The van der Waals surface area contributed by atoms with Gasteiger partial charge in [0.2, 0.25) is 10.0 Å². The summed E-state index contributed by atoms with van der Waals surface area (Å²) in [6, 6.07) is 4.14. The van der Waals surface area contributed by atoms with Crippen LogP contribution in [0.25, 0.3) is 0 Å². The number of hydrogen-bond donors (Lipinski definition) is 1. The highest BCUT2D eigenvalue weighted by atomic mass is 32.2. The molecule has 0 atom stereocenters. The molecule has 1 N–H and O–H groups in total. The van der Waals surface area contributed by atoms with Gasteiger partial charge < -0.3 is 0 Å². The summed E-state index contributed by atoms with van der Waals surface area (Å²) in [5.41, 5.74) is 2.53. The standard InChI is InChI=1S/C19H33NO2S/c1-12(2)15-10-16(13(3)4)18(17(11-15)14(5)6)23(21,22)20-19(7,8)9/h10-14,20H,1-9H3. The summed E-state index contributed by atoms with van der Waals surface area (Å²) in [4.78, 5) is 0.474. The van der Waals surface area contributed by atoms with Gasteiger partial charge in [-0.25, -0.2) is 13.1 Å². The number of sulfonamides is 1. The molecule has 0 aliphatic rings. The Morgan fingerprint density at radius 3 is 1.48 bits per heavy atom. The Balaban J connectivity index is 3.75. The zero-order valence-electron chi connectivity index (χ0n) is 16.1. The van der Waals surface area contributed by atoms with Crippen molar-refractivity contribution in [3.8, 4) is 0 Å². The summed E-state index contributed by atoms with van der Waals surface area (Å²) in [5, 5.41) is 0. The first-order chi connectivity index (χ1) is 10.3. The average molecular weight is 340 g/mol. The molecule has 0 bridgehead atoms. The second-order valence-electron chi connectivity index (χ2n) is 8.35. The van der Waals surface area contributed by atoms with Crippen molar-refractivity contribution < 1.29 is 8.42 Å². The largest absolute Gasteiger partial charge is 0.241 e. The quantitative estimate of drug-likeness (QED) is 0.808. The Bertz CT molecular complexity index is 621. The minimum atomic E-state index is -3.56. The first kappa shape index (κ1) is 20.2. The first-order valence-electron chi connectivity index (χ1n) is 8.48. The molecule has 0 aliphatic heterocycles. The van der Waals surface area contributed by atoms with E-state index in [1.165, 1.54) is 5.56 Å². The topological polar surface area (TPSA) is 46.2 Å². The van der Waals surface area contributed by atoms with Crippen LogP contribution >= 0.6 is 0 Å². The highest BCUT2D eigenvalue weighted by molar-refractivity contribution is 7.89. The van der Waals surface area contributed by atoms with Crippen LogP contribution in [0, 0.1) is 0 Å². The molecule has 0 amide bonds. The van der Waals surface area contributed by atoms with E-state index >= 15 is 0 Å². The van der Waals surface area contributed by atoms with E-state index in [0.717, 1.165) is 11.1 Å². The van der Waals surface area contributed by atoms with Crippen LogP contribution < -0.4 is 4.72 Å². The van der Waals surface area contributed by atoms with Crippen LogP contribution in [0.15, 0.2) is 17.0 Å². The van der Waals surface area contributed by atoms with Crippen molar-refractivity contribution in [2.24, 2.45) is 0 Å². The van der Waals surface area contributed by atoms with Gasteiger partial charge >= 0.3 is 0 Å². The number of hydrogen-bond acceptors (Lipinski definition) is 2. The molecule has 4 heteroatoms. The van der Waals surface area contributed by atoms with E-state index in [-0.39, 0.29) is 11.8 Å². The third-order valence-electron chi connectivity index (χ3n) is 3.79. The lowest BCUT2D eigenvalue weighted by atomic mass is 9.89. The molecular formula is C19H33NO2S. The van der Waals surface area contributed by atoms with Crippen molar-refractivity contribution in [1.29, 1.82) is 0 Å². The van der Waals surface area contributed by atoms with Crippen molar-refractivity contribution in [1.82, 2.24) is 4.72 Å². The minimum Gasteiger partial charge on any atom is -0.207 e. The van der Waals surface area contributed by atoms with Crippen molar-refractivity contribution in [3.63, 3.8) is 0 Å². The minimum absolute atomic E-state index is 0.151. The third kappa shape index (κ3) is 5.05. The molecule has 23 heavy (non-hydrogen) atoms. The molecule has 1 aromatic rings. The third-order valence-corrected chi connectivity index (χ3v) is 5.68. The van der Waals surface area contributed by atoms with Crippen LogP contribution in [0.5, 0.6) is 0 Å². The van der Waals surface area contributed by atoms with E-state index in [9.17, 15) is 8.42 Å². The lowest BCUT2D eigenvalue weighted by Crippen LogP contribution is -2.41. The predicted molar refractivity (Wildman–Crippen MR) is 98.8 cm³/mol. The summed E-state index contributed by atoms with van der Waals surface area (Å²) >= 11 is 0. The molecule has 0 radical (unpaired) electrons. The van der Waals surface area contributed by atoms with Crippen LogP contribution in [0.3, 0.4) is 0 Å². The van der Waals surface area contributed by atoms with Crippen LogP contribution in [0.2, 0.25) is 0 Å². The van der Waals surface area contributed by atoms with Crippen molar-refractivity contribution in [2.45, 2.75) is 90.5 Å². The van der Waals surface area contributed by atoms with Gasteiger partial charge in [-0.1, -0.05) is 53.7 Å². The van der Waals surface area contributed by atoms with Crippen molar-refractivity contribution >= 4 is 10.0 Å². The van der Waals surface area contributed by atoms with E-state index < -0.39 is 15.6 Å². The summed E-state index contributed by atoms with van der Waals surface area (Å²) in [6.07, 6.45) is 0. The van der Waals surface area contributed by atoms with E-state index in [1.54, 1.807) is 0 Å². The summed E-state index contributed by atoms with van der Waals surface area (Å²) < 4.78 is 29.0. The van der Waals surface area contributed by atoms with Gasteiger partial charge in [-0.3, -0.25) is 0 Å². The van der Waals surface area contributed by atoms with Crippen LogP contribution in [-0.4, -0.2) is 14.0 Å². The fourth-order valence-electron chi connectivity index (χ4n) is 2.65. The maximum atomic E-state index is 13.1. The van der Waals surface area contributed by atoms with Crippen LogP contribution in [0.1, 0.15) is 96.8 Å². The van der Waals surface area contributed by atoms with Crippen LogP contribution in [0.4, 0.5) is 0 Å². The highest BCUT2D eigenvalue weighted by Gasteiger charge is 2.29. The molecular weight excluding hydrogens is 306 g/mol. The first-order valence-corrected chi connectivity index (χ1v) is 9.96. The maximum absolute atomic E-state index is 13.1. The Morgan fingerprint density at radius 1 is 0.826 bits per heavy atom. The predicted octanol–water partition coefficient (Wildman–Crippen LogP) is 5.13. The molecule has 0 saturated heterocycles. The molecule has 0 heterocycles. The van der Waals surface area contributed by atoms with E-state index in [4.69, 9.17) is 0 Å². The van der Waals surface area contributed by atoms with Gasteiger partial charge in [0, 0.05) is 5.54 Å². The lowest BCUT2D eigenvalue weighted by Gasteiger charge is -2.26. The average Bonchev–Trinajstić information content (AvgIpc) is 2.33. The molecule has 3 nitrogen and oxygen atoms in total. The zero-order chi connectivity index (χ0) is 18.2. The molecule has 132 valence electrons. The van der Waals surface area contributed by atoms with Gasteiger partial charge in [0.25, 0.3) is 0 Å². The molecule has 0 fully saturated rings. The van der Waals surface area contributed by atoms with Gasteiger partial charge in [0.05, 0.1) is 4.90 Å². The highest BCUT2D eigenvalue weighted by Crippen LogP contribution is 2.35. The van der Waals surface area contributed by atoms with E-state index in [2.05, 4.69) is 58.4 Å². The molecule has 1 aromatic carbocycles. The summed E-state index contributed by atoms with van der Waals surface area (Å²) in [7, 11) is -3.56. The second kappa shape index (κ2) is 6.94. The molecule has 1 rings (SSSR count). The molecule has 0 spiro atoms. The monoisotopic (exact) mass is 339 g/mol. The fourth-order valence-corrected chi connectivity index (χ4v) is 4.77. The van der Waals surface area contributed by atoms with Crippen molar-refractivity contribution in [3.05, 3.63) is 28.8 Å². The Labute approximate surface area is 142 Å². The van der Waals surface area contributed by atoms with Gasteiger partial charge in [0.1, 0.15) is 0 Å². The maximum Gasteiger partial charge on any atom is 0.241 e. The SMILES string of the molecule is CC(C)c1cc(C(C)C)c(S(=O)(=O)NC(C)(C)C)c(C(C)C)c1. The number of rotatable bonds is 5. The lowest BCUT2D eigenvalue weighted by molar-refractivity contribution is 0.489. The molecule has 0 aromatic heterocycles. The Kier molecular flexibility index (Phi) is 6.09. The summed E-state index contributed by atoms with van der Waals surface area (Å²) in [5.74, 6) is 0.674. The zero-order valence-corrected chi connectivity index (χ0v) is 16.9. The smallest absolute Gasteiger partial charge is 0.207 e. The van der Waals surface area contributed by atoms with Crippen molar-refractivity contribution in [2.75, 3.05) is 0 Å².